The molecule has 1 aromatic carbocycles. The summed E-state index contributed by atoms with van der Waals surface area (Å²) in [4.78, 5) is 40.6. The van der Waals surface area contributed by atoms with E-state index in [0.29, 0.717) is 37.3 Å². The summed E-state index contributed by atoms with van der Waals surface area (Å²) in [5, 5.41) is 7.15. The van der Waals surface area contributed by atoms with Crippen molar-refractivity contribution in [3.05, 3.63) is 46.8 Å². The monoisotopic (exact) mass is 443 g/mol. The van der Waals surface area contributed by atoms with E-state index in [4.69, 9.17) is 0 Å². The van der Waals surface area contributed by atoms with Gasteiger partial charge in [-0.3, -0.25) is 14.4 Å². The first-order chi connectivity index (χ1) is 15.4. The fourth-order valence-electron chi connectivity index (χ4n) is 4.32. The molecule has 1 saturated heterocycles. The zero-order valence-electron chi connectivity index (χ0n) is 17.4. The van der Waals surface area contributed by atoms with Crippen LogP contribution in [0.15, 0.2) is 18.2 Å². The van der Waals surface area contributed by atoms with Gasteiger partial charge < -0.3 is 15.1 Å². The number of benzene rings is 1. The maximum Gasteiger partial charge on any atom is 0.312 e. The van der Waals surface area contributed by atoms with Crippen LogP contribution in [0.25, 0.3) is 5.69 Å². The smallest absolute Gasteiger partial charge is 0.312 e. The van der Waals surface area contributed by atoms with Crippen LogP contribution in [0.1, 0.15) is 41.0 Å². The molecule has 0 bridgehead atoms. The molecule has 8 nitrogen and oxygen atoms in total. The summed E-state index contributed by atoms with van der Waals surface area (Å²) in [7, 11) is 0. The minimum absolute atomic E-state index is 0.112. The van der Waals surface area contributed by atoms with Gasteiger partial charge in [-0.05, 0) is 44.2 Å². The van der Waals surface area contributed by atoms with Gasteiger partial charge in [0.2, 0.25) is 0 Å². The minimum atomic E-state index is -0.968. The Morgan fingerprint density at radius 3 is 2.38 bits per heavy atom. The fourth-order valence-corrected chi connectivity index (χ4v) is 4.32. The molecule has 0 radical (unpaired) electrons. The number of piperazine rings is 1. The third kappa shape index (κ3) is 3.74. The number of fused-ring (bicyclic) bond motifs is 1. The standard InChI is InChI=1S/C22H23F2N5O3/c23-16-7-6-14(12-17(16)24)29-18-3-1-2-15(18)19(26-29)21(31)27-8-10-28(11-9-27)22(32)20(30)25-13-4-5-13/h6-7,12-13H,1-5,8-11H2,(H,25,30). The molecule has 2 aromatic rings. The minimum Gasteiger partial charge on any atom is -0.345 e. The Morgan fingerprint density at radius 1 is 0.969 bits per heavy atom. The molecule has 2 heterocycles. The molecule has 1 saturated carbocycles. The van der Waals surface area contributed by atoms with E-state index < -0.39 is 23.4 Å². The van der Waals surface area contributed by atoms with Crippen LogP contribution >= 0.6 is 0 Å². The van der Waals surface area contributed by atoms with Crippen LogP contribution in [0, 0.1) is 11.6 Å². The molecule has 2 aliphatic carbocycles. The molecule has 5 rings (SSSR count). The molecular formula is C22H23F2N5O3. The molecule has 0 atom stereocenters. The van der Waals surface area contributed by atoms with Crippen molar-refractivity contribution in [2.75, 3.05) is 26.2 Å². The van der Waals surface area contributed by atoms with E-state index in [1.807, 2.05) is 0 Å². The normalized spacial score (nSPS) is 17.9. The van der Waals surface area contributed by atoms with E-state index in [1.165, 1.54) is 15.6 Å². The highest BCUT2D eigenvalue weighted by Gasteiger charge is 2.34. The molecule has 10 heteroatoms. The number of nitrogens with zero attached hydrogens (tertiary/aromatic N) is 4. The number of hydrogen-bond acceptors (Lipinski definition) is 4. The highest BCUT2D eigenvalue weighted by Crippen LogP contribution is 2.29. The van der Waals surface area contributed by atoms with E-state index in [1.54, 1.807) is 4.90 Å². The zero-order valence-corrected chi connectivity index (χ0v) is 17.4. The van der Waals surface area contributed by atoms with Crippen molar-refractivity contribution in [3.8, 4) is 5.69 Å². The van der Waals surface area contributed by atoms with Gasteiger partial charge in [0.15, 0.2) is 17.3 Å². The SMILES string of the molecule is O=C(NC1CC1)C(=O)N1CCN(C(=O)c2nn(-c3ccc(F)c(F)c3)c3c2CCC3)CC1. The summed E-state index contributed by atoms with van der Waals surface area (Å²) in [6, 6.07) is 3.67. The van der Waals surface area contributed by atoms with Gasteiger partial charge in [-0.2, -0.15) is 5.10 Å². The molecule has 3 amide bonds. The predicted octanol–water partition coefficient (Wildman–Crippen LogP) is 1.20. The Hall–Kier alpha value is -3.30. The molecule has 0 spiro atoms. The van der Waals surface area contributed by atoms with Gasteiger partial charge in [0.05, 0.1) is 5.69 Å². The second-order valence-electron chi connectivity index (χ2n) is 8.47. The first-order valence-corrected chi connectivity index (χ1v) is 10.9. The largest absolute Gasteiger partial charge is 0.345 e. The summed E-state index contributed by atoms with van der Waals surface area (Å²) >= 11 is 0. The van der Waals surface area contributed by atoms with Crippen molar-refractivity contribution in [3.63, 3.8) is 0 Å². The van der Waals surface area contributed by atoms with E-state index in [0.717, 1.165) is 42.7 Å². The Morgan fingerprint density at radius 2 is 1.69 bits per heavy atom. The molecule has 3 aliphatic rings. The maximum absolute atomic E-state index is 13.8. The van der Waals surface area contributed by atoms with Gasteiger partial charge in [0.25, 0.3) is 5.91 Å². The van der Waals surface area contributed by atoms with E-state index >= 15 is 0 Å². The Labute approximate surface area is 183 Å². The maximum atomic E-state index is 13.8. The van der Waals surface area contributed by atoms with Gasteiger partial charge in [0, 0.05) is 49.5 Å². The molecule has 2 fully saturated rings. The first-order valence-electron chi connectivity index (χ1n) is 10.9. The Bertz CT molecular complexity index is 1100. The molecule has 1 aromatic heterocycles. The number of rotatable bonds is 3. The van der Waals surface area contributed by atoms with Crippen molar-refractivity contribution >= 4 is 17.7 Å². The summed E-state index contributed by atoms with van der Waals surface area (Å²) in [5.74, 6) is -3.31. The highest BCUT2D eigenvalue weighted by atomic mass is 19.2. The lowest BCUT2D eigenvalue weighted by atomic mass is 10.1. The summed E-state index contributed by atoms with van der Waals surface area (Å²) in [5.41, 5.74) is 2.36. The second-order valence-corrected chi connectivity index (χ2v) is 8.47. The third-order valence-electron chi connectivity index (χ3n) is 6.24. The highest BCUT2D eigenvalue weighted by molar-refractivity contribution is 6.35. The quantitative estimate of drug-likeness (QED) is 0.723. The van der Waals surface area contributed by atoms with Gasteiger partial charge in [0.1, 0.15) is 0 Å². The van der Waals surface area contributed by atoms with Crippen molar-refractivity contribution in [2.45, 2.75) is 38.1 Å². The number of carbonyl (C=O) groups is 3. The van der Waals surface area contributed by atoms with Crippen LogP contribution < -0.4 is 5.32 Å². The van der Waals surface area contributed by atoms with Crippen LogP contribution in [-0.2, 0) is 22.4 Å². The van der Waals surface area contributed by atoms with Gasteiger partial charge in [-0.15, -0.1) is 0 Å². The first kappa shape index (κ1) is 20.6. The lowest BCUT2D eigenvalue weighted by Crippen LogP contribution is -2.54. The van der Waals surface area contributed by atoms with Crippen LogP contribution in [0.2, 0.25) is 0 Å². The van der Waals surface area contributed by atoms with Gasteiger partial charge >= 0.3 is 11.8 Å². The Balaban J connectivity index is 1.30. The predicted molar refractivity (Wildman–Crippen MR) is 109 cm³/mol. The van der Waals surface area contributed by atoms with Gasteiger partial charge in [-0.1, -0.05) is 0 Å². The number of halogens is 2. The van der Waals surface area contributed by atoms with Crippen molar-refractivity contribution in [1.29, 1.82) is 0 Å². The number of nitrogens with one attached hydrogen (secondary N) is 1. The van der Waals surface area contributed by atoms with E-state index in [-0.39, 0.29) is 25.0 Å². The molecule has 0 unspecified atom stereocenters. The van der Waals surface area contributed by atoms with Crippen molar-refractivity contribution in [2.24, 2.45) is 0 Å². The Kier molecular flexibility index (Phi) is 5.15. The van der Waals surface area contributed by atoms with E-state index in [2.05, 4.69) is 10.4 Å². The second kappa shape index (κ2) is 7.99. The average molecular weight is 443 g/mol. The van der Waals surface area contributed by atoms with Crippen LogP contribution in [-0.4, -0.2) is 69.5 Å². The lowest BCUT2D eigenvalue weighted by molar-refractivity contribution is -0.146. The van der Waals surface area contributed by atoms with Gasteiger partial charge in [-0.25, -0.2) is 13.5 Å². The summed E-state index contributed by atoms with van der Waals surface area (Å²) in [6.07, 6.45) is 4.06. The number of amides is 3. The topological polar surface area (TPSA) is 87.5 Å². The van der Waals surface area contributed by atoms with E-state index in [9.17, 15) is 23.2 Å². The van der Waals surface area contributed by atoms with Crippen LogP contribution in [0.3, 0.4) is 0 Å². The molecular weight excluding hydrogens is 420 g/mol. The summed E-state index contributed by atoms with van der Waals surface area (Å²) in [6.45, 7) is 1.14. The molecule has 1 N–H and O–H groups in total. The molecule has 1 aliphatic heterocycles. The van der Waals surface area contributed by atoms with Crippen molar-refractivity contribution in [1.82, 2.24) is 24.9 Å². The van der Waals surface area contributed by atoms with Crippen molar-refractivity contribution < 1.29 is 23.2 Å². The summed E-state index contributed by atoms with van der Waals surface area (Å²) < 4.78 is 28.6. The fraction of sp³-hybridized carbons (Fsp3) is 0.455. The van der Waals surface area contributed by atoms with Crippen LogP contribution in [0.4, 0.5) is 8.78 Å². The number of carbonyl (C=O) groups excluding carboxylic acids is 3. The molecule has 168 valence electrons. The van der Waals surface area contributed by atoms with Crippen LogP contribution in [0.5, 0.6) is 0 Å². The average Bonchev–Trinajstić information content (AvgIpc) is 3.35. The lowest BCUT2D eigenvalue weighted by Gasteiger charge is -2.34. The molecule has 32 heavy (non-hydrogen) atoms. The number of hydrogen-bond donors (Lipinski definition) is 1. The zero-order chi connectivity index (χ0) is 22.4. The number of aromatic nitrogens is 2. The third-order valence-corrected chi connectivity index (χ3v) is 6.24.